The van der Waals surface area contributed by atoms with Crippen molar-refractivity contribution in [2.45, 2.75) is 34.1 Å². The van der Waals surface area contributed by atoms with Gasteiger partial charge in [-0.15, -0.1) is 0 Å². The molecule has 0 aliphatic heterocycles. The van der Waals surface area contributed by atoms with Crippen molar-refractivity contribution in [2.75, 3.05) is 127 Å². The number of nitrogens with one attached hydrogen (secondary N) is 2. The molecule has 18 nitrogen and oxygen atoms in total. The Balaban J connectivity index is 0.000000468. The summed E-state index contributed by atoms with van der Waals surface area (Å²) in [7, 11) is 2.81. The number of rotatable bonds is 34. The first-order valence-corrected chi connectivity index (χ1v) is 25.5. The van der Waals surface area contributed by atoms with Crippen LogP contribution in [0.3, 0.4) is 0 Å². The number of aromatic nitrogens is 2. The number of carbonyl (C=O) groups excluding carboxylic acids is 3. The number of ketones is 2. The third-order valence-electron chi connectivity index (χ3n) is 11.1. The van der Waals surface area contributed by atoms with Crippen molar-refractivity contribution in [2.24, 2.45) is 0 Å². The van der Waals surface area contributed by atoms with Gasteiger partial charge < -0.3 is 67.9 Å². The van der Waals surface area contributed by atoms with E-state index in [0.29, 0.717) is 111 Å². The lowest BCUT2D eigenvalue weighted by molar-refractivity contribution is -0.00522. The molecule has 2 heterocycles. The summed E-state index contributed by atoms with van der Waals surface area (Å²) in [6, 6.07) is 10.6. The van der Waals surface area contributed by atoms with Crippen molar-refractivity contribution in [3.05, 3.63) is 154 Å². The third kappa shape index (κ3) is 22.4. The van der Waals surface area contributed by atoms with Gasteiger partial charge in [0.25, 0.3) is 0 Å². The van der Waals surface area contributed by atoms with E-state index in [1.165, 1.54) is 33.2 Å². The number of Topliss-reactive ketones (excluding diaryl/α,β-unsaturated/α-hetero) is 1. The van der Waals surface area contributed by atoms with Gasteiger partial charge in [0, 0.05) is 52.9 Å². The number of carboxylic acids is 1. The normalized spacial score (nSPS) is 10.7. The van der Waals surface area contributed by atoms with Crippen molar-refractivity contribution in [1.29, 1.82) is 0 Å². The molecule has 0 spiro atoms. The molecular formula is C58H74F4N2O16. The van der Waals surface area contributed by atoms with E-state index in [0.717, 1.165) is 36.0 Å². The van der Waals surface area contributed by atoms with Gasteiger partial charge in [-0.3, -0.25) is 9.59 Å². The molecule has 5 N–H and O–H groups in total. The number of aliphatic hydroxyl groups is 2. The molecule has 0 atom stereocenters. The van der Waals surface area contributed by atoms with Crippen molar-refractivity contribution >= 4 is 23.5 Å². The first kappa shape index (κ1) is 69.4. The zero-order valence-electron chi connectivity index (χ0n) is 46.2. The van der Waals surface area contributed by atoms with Crippen LogP contribution < -0.4 is 0 Å². The fourth-order valence-electron chi connectivity index (χ4n) is 7.07. The second kappa shape index (κ2) is 39.6. The number of methoxy groups -OCH3 is 2. The van der Waals surface area contributed by atoms with E-state index in [-0.39, 0.29) is 74.7 Å². The molecule has 0 aliphatic rings. The average molecular weight is 1130 g/mol. The van der Waals surface area contributed by atoms with E-state index < -0.39 is 46.8 Å². The number of carbonyl (C=O) groups is 4. The Morgan fingerprint density at radius 3 is 1.34 bits per heavy atom. The van der Waals surface area contributed by atoms with Gasteiger partial charge >= 0.3 is 11.9 Å². The Labute approximate surface area is 463 Å². The average Bonchev–Trinajstić information content (AvgIpc) is 4.21. The lowest BCUT2D eigenvalue weighted by Crippen LogP contribution is -2.13. The molecule has 0 bridgehead atoms. The molecule has 0 saturated heterocycles. The fraction of sp³-hybridized carbons (Fsp3) is 0.414. The maximum absolute atomic E-state index is 14.9. The smallest absolute Gasteiger partial charge is 0.340 e. The van der Waals surface area contributed by atoms with Crippen molar-refractivity contribution < 1.29 is 94.7 Å². The van der Waals surface area contributed by atoms with Crippen molar-refractivity contribution in [1.82, 2.24) is 9.97 Å². The van der Waals surface area contributed by atoms with Crippen LogP contribution in [0, 0.1) is 37.1 Å². The highest BCUT2D eigenvalue weighted by Gasteiger charge is 2.29. The molecular weight excluding hydrogens is 1060 g/mol. The standard InChI is InChI=1S/C30H35F2NO8.C17H13F2NO3.C9H20O5.C2H6/c1-20-24(31)7-8-25(32)26(20)27-23(30(36)37-2)19-33-28(27)29(35)22-5-3-21(4-6-22)9-11-38-13-15-40-17-18-41-16-14-39-12-10-34;1-4-8(2)16(21)15-14(10(7-20-15)17(22)23)13-9(3)11(18)5-6-12(13)19;1-11-4-5-13-8-9-14-7-6-12-3-2-10;1-2/h3-8,19,33-34H,9-18H2,1-2H3;4-7,20H,1-2H2,3H3,(H,22,23);10H,2-9H2,1H3;1-2H3. The number of benzene rings is 3. The number of allylic oxidation sites excluding steroid dienone is 2. The Hall–Kier alpha value is -6.70. The predicted molar refractivity (Wildman–Crippen MR) is 290 cm³/mol. The number of aromatic carboxylic acids is 1. The van der Waals surface area contributed by atoms with Gasteiger partial charge in [-0.1, -0.05) is 57.3 Å². The lowest BCUT2D eigenvalue weighted by atomic mass is 9.93. The molecule has 3 aromatic carbocycles. The number of carboxylic acid groups (broad SMARTS) is 1. The summed E-state index contributed by atoms with van der Waals surface area (Å²) in [4.78, 5) is 54.8. The maximum atomic E-state index is 14.9. The topological polar surface area (TPSA) is 244 Å². The molecule has 0 aliphatic carbocycles. The zero-order chi connectivity index (χ0) is 59.4. The van der Waals surface area contributed by atoms with E-state index in [1.807, 2.05) is 13.8 Å². The lowest BCUT2D eigenvalue weighted by Gasteiger charge is -2.12. The predicted octanol–water partition coefficient (Wildman–Crippen LogP) is 8.48. The molecule has 80 heavy (non-hydrogen) atoms. The highest BCUT2D eigenvalue weighted by molar-refractivity contribution is 6.16. The largest absolute Gasteiger partial charge is 0.478 e. The number of hydrogen-bond acceptors (Lipinski definition) is 15. The summed E-state index contributed by atoms with van der Waals surface area (Å²) >= 11 is 0. The van der Waals surface area contributed by atoms with Crippen LogP contribution in [0.1, 0.15) is 77.8 Å². The molecule has 0 fully saturated rings. The van der Waals surface area contributed by atoms with E-state index >= 15 is 0 Å². The molecule has 22 heteroatoms. The van der Waals surface area contributed by atoms with Crippen LogP contribution in [-0.2, 0) is 49.1 Å². The van der Waals surface area contributed by atoms with Gasteiger partial charge in [-0.25, -0.2) is 27.2 Å². The van der Waals surface area contributed by atoms with E-state index in [2.05, 4.69) is 23.1 Å². The van der Waals surface area contributed by atoms with Crippen LogP contribution in [0.4, 0.5) is 17.6 Å². The fourth-order valence-corrected chi connectivity index (χ4v) is 7.07. The zero-order valence-corrected chi connectivity index (χ0v) is 46.2. The first-order valence-electron chi connectivity index (χ1n) is 25.5. The molecule has 0 radical (unpaired) electrons. The van der Waals surface area contributed by atoms with Gasteiger partial charge in [0.15, 0.2) is 0 Å². The Bertz CT molecular complexity index is 2680. The Morgan fingerprint density at radius 1 is 0.537 bits per heavy atom. The molecule has 5 aromatic rings. The second-order valence-electron chi connectivity index (χ2n) is 16.3. The molecule has 2 aromatic heterocycles. The first-order chi connectivity index (χ1) is 38.6. The van der Waals surface area contributed by atoms with Crippen LogP contribution in [0.5, 0.6) is 0 Å². The molecule has 5 rings (SSSR count). The number of halogens is 4. The quantitative estimate of drug-likeness (QED) is 0.00648. The van der Waals surface area contributed by atoms with Crippen LogP contribution in [0.15, 0.2) is 85.7 Å². The number of H-pyrrole nitrogens is 2. The number of aromatic amines is 2. The van der Waals surface area contributed by atoms with Gasteiger partial charge in [0.05, 0.1) is 142 Å². The molecule has 0 unspecified atom stereocenters. The Morgan fingerprint density at radius 2 is 0.925 bits per heavy atom. The minimum atomic E-state index is -1.37. The maximum Gasteiger partial charge on any atom is 0.340 e. The van der Waals surface area contributed by atoms with Crippen molar-refractivity contribution in [3.8, 4) is 22.3 Å². The summed E-state index contributed by atoms with van der Waals surface area (Å²) in [6.45, 7) is 20.8. The SMILES string of the molecule is C=CC(=C)C(=O)c1[nH]cc(C(=O)O)c1-c1c(F)ccc(F)c1C.CC.COC(=O)c1c[nH]c(C(=O)c2ccc(CCOCCOCCOCCOCCO)cc2)c1-c1c(F)ccc(F)c1C.COCCOCCOCCOCCO. The Kier molecular flexibility index (Phi) is 34.4. The van der Waals surface area contributed by atoms with Gasteiger partial charge in [0.1, 0.15) is 23.3 Å². The summed E-state index contributed by atoms with van der Waals surface area (Å²) in [5.74, 6) is -6.26. The minimum absolute atomic E-state index is 0.000460. The summed E-state index contributed by atoms with van der Waals surface area (Å²) in [5, 5.41) is 26.3. The number of ether oxygens (including phenoxy) is 9. The molecule has 0 amide bonds. The number of hydrogen-bond donors (Lipinski definition) is 5. The highest BCUT2D eigenvalue weighted by Crippen LogP contribution is 2.37. The number of aliphatic hydroxyl groups excluding tert-OH is 2. The van der Waals surface area contributed by atoms with Crippen LogP contribution >= 0.6 is 0 Å². The minimum Gasteiger partial charge on any atom is -0.478 e. The molecule has 0 saturated carbocycles. The van der Waals surface area contributed by atoms with Gasteiger partial charge in [0.2, 0.25) is 11.6 Å². The summed E-state index contributed by atoms with van der Waals surface area (Å²) < 4.78 is 104. The summed E-state index contributed by atoms with van der Waals surface area (Å²) in [6.07, 6.45) is 4.13. The van der Waals surface area contributed by atoms with Crippen LogP contribution in [-0.4, -0.2) is 175 Å². The summed E-state index contributed by atoms with van der Waals surface area (Å²) in [5.41, 5.74) is -0.219. The van der Waals surface area contributed by atoms with Crippen LogP contribution in [0.2, 0.25) is 0 Å². The van der Waals surface area contributed by atoms with E-state index in [4.69, 9.17) is 52.8 Å². The highest BCUT2D eigenvalue weighted by atomic mass is 19.1. The van der Waals surface area contributed by atoms with Crippen molar-refractivity contribution in [3.63, 3.8) is 0 Å². The number of esters is 1. The monoisotopic (exact) mass is 1130 g/mol. The third-order valence-corrected chi connectivity index (χ3v) is 11.1. The van der Waals surface area contributed by atoms with Gasteiger partial charge in [-0.05, 0) is 61.2 Å². The van der Waals surface area contributed by atoms with Crippen LogP contribution in [0.25, 0.3) is 22.3 Å². The second-order valence-corrected chi connectivity index (χ2v) is 16.3. The van der Waals surface area contributed by atoms with E-state index in [1.54, 1.807) is 31.4 Å². The van der Waals surface area contributed by atoms with Gasteiger partial charge in [-0.2, -0.15) is 0 Å². The molecule has 440 valence electrons. The van der Waals surface area contributed by atoms with E-state index in [9.17, 15) is 41.8 Å².